The average Bonchev–Trinajstić information content (AvgIpc) is 3.71. The van der Waals surface area contributed by atoms with E-state index in [9.17, 15) is 0 Å². The van der Waals surface area contributed by atoms with Gasteiger partial charge >= 0.3 is 0 Å². The molecule has 5 nitrogen and oxygen atoms in total. The second-order valence-corrected chi connectivity index (χ2v) is 12.5. The van der Waals surface area contributed by atoms with Crippen LogP contribution in [0.25, 0.3) is 89.2 Å². The van der Waals surface area contributed by atoms with Gasteiger partial charge in [-0.1, -0.05) is 140 Å². The predicted octanol–water partition coefficient (Wildman–Crippen LogP) is 11.1. The van der Waals surface area contributed by atoms with Crippen LogP contribution in [0.3, 0.4) is 0 Å². The number of fused-ring (bicyclic) bond motifs is 6. The van der Waals surface area contributed by atoms with Crippen LogP contribution in [0, 0.1) is 0 Å². The molecule has 0 fully saturated rings. The maximum absolute atomic E-state index is 5.31. The van der Waals surface area contributed by atoms with Crippen molar-refractivity contribution in [1.29, 1.82) is 0 Å². The molecule has 0 radical (unpaired) electrons. The number of hydrogen-bond donors (Lipinski definition) is 0. The summed E-state index contributed by atoms with van der Waals surface area (Å²) < 4.78 is 4.35. The normalized spacial score (nSPS) is 11.6. The largest absolute Gasteiger partial charge is 0.278 e. The van der Waals surface area contributed by atoms with Crippen LogP contribution in [0.1, 0.15) is 0 Å². The molecule has 10 rings (SSSR count). The first-order valence-electron chi connectivity index (χ1n) is 16.8. The van der Waals surface area contributed by atoms with Gasteiger partial charge in [-0.2, -0.15) is 15.0 Å². The van der Waals surface area contributed by atoms with Crippen molar-refractivity contribution < 1.29 is 0 Å². The van der Waals surface area contributed by atoms with Crippen LogP contribution in [0.2, 0.25) is 0 Å². The first-order valence-corrected chi connectivity index (χ1v) is 16.8. The molecule has 7 aromatic carbocycles. The Morgan fingerprint density at radius 3 is 1.26 bits per heavy atom. The minimum absolute atomic E-state index is 0.565. The summed E-state index contributed by atoms with van der Waals surface area (Å²) in [7, 11) is 0. The highest BCUT2D eigenvalue weighted by molar-refractivity contribution is 6.11. The summed E-state index contributed by atoms with van der Waals surface area (Å²) >= 11 is 0. The van der Waals surface area contributed by atoms with E-state index < -0.39 is 0 Å². The van der Waals surface area contributed by atoms with Crippen LogP contribution in [-0.4, -0.2) is 24.1 Å². The van der Waals surface area contributed by atoms with E-state index in [0.29, 0.717) is 17.7 Å². The Hall–Kier alpha value is -6.85. The summed E-state index contributed by atoms with van der Waals surface area (Å²) in [6.07, 6.45) is 0. The fourth-order valence-electron chi connectivity index (χ4n) is 7.29. The van der Waals surface area contributed by atoms with Gasteiger partial charge in [-0.05, 0) is 58.7 Å². The molecule has 0 aliphatic carbocycles. The summed E-state index contributed by atoms with van der Waals surface area (Å²) in [5.41, 5.74) is 9.68. The van der Waals surface area contributed by atoms with Crippen LogP contribution in [0.15, 0.2) is 176 Å². The zero-order chi connectivity index (χ0) is 33.0. The highest BCUT2D eigenvalue weighted by Crippen LogP contribution is 2.36. The number of rotatable bonds is 5. The van der Waals surface area contributed by atoms with Gasteiger partial charge in [0.25, 0.3) is 0 Å². The molecule has 3 aromatic heterocycles. The van der Waals surface area contributed by atoms with Crippen LogP contribution < -0.4 is 0 Å². The Morgan fingerprint density at radius 1 is 0.280 bits per heavy atom. The molecule has 0 amide bonds. The summed E-state index contributed by atoms with van der Waals surface area (Å²) in [5.74, 6) is 1.74. The lowest BCUT2D eigenvalue weighted by molar-refractivity contribution is 0.893. The van der Waals surface area contributed by atoms with Gasteiger partial charge in [0, 0.05) is 27.1 Å². The van der Waals surface area contributed by atoms with Gasteiger partial charge in [-0.3, -0.25) is 9.13 Å². The summed E-state index contributed by atoms with van der Waals surface area (Å²) in [6, 6.07) is 61.5. The molecule has 0 unspecified atom stereocenters. The molecule has 3 heterocycles. The lowest BCUT2D eigenvalue weighted by Crippen LogP contribution is -2.10. The molecule has 5 heteroatoms. The third-order valence-corrected chi connectivity index (χ3v) is 9.60. The standard InChI is InChI=1S/C45H29N5/c1-3-14-30(15-4-1)32-18-13-19-34(28-32)43-46-44(49-39-23-10-7-20-35(39)36-21-8-11-24-40(36)49)48-45(47-43)50-41-25-12-9-22-37(41)38-29-33(26-27-42(38)50)31-16-5-2-6-17-31/h1-29H. The molecular weight excluding hydrogens is 611 g/mol. The van der Waals surface area contributed by atoms with Crippen molar-refractivity contribution in [2.24, 2.45) is 0 Å². The zero-order valence-electron chi connectivity index (χ0n) is 27.0. The van der Waals surface area contributed by atoms with Crippen LogP contribution >= 0.6 is 0 Å². The van der Waals surface area contributed by atoms with Crippen molar-refractivity contribution in [2.75, 3.05) is 0 Å². The third kappa shape index (κ3) is 4.52. The molecule has 0 N–H and O–H groups in total. The van der Waals surface area contributed by atoms with E-state index in [1.165, 1.54) is 11.1 Å². The molecule has 0 bridgehead atoms. The lowest BCUT2D eigenvalue weighted by atomic mass is 10.0. The Bertz CT molecular complexity index is 2810. The van der Waals surface area contributed by atoms with Gasteiger partial charge in [-0.15, -0.1) is 0 Å². The van der Waals surface area contributed by atoms with Crippen molar-refractivity contribution in [3.8, 4) is 45.5 Å². The number of aromatic nitrogens is 5. The van der Waals surface area contributed by atoms with Crippen LogP contribution in [-0.2, 0) is 0 Å². The van der Waals surface area contributed by atoms with Crippen molar-refractivity contribution in [3.05, 3.63) is 176 Å². The van der Waals surface area contributed by atoms with Crippen molar-refractivity contribution in [2.45, 2.75) is 0 Å². The van der Waals surface area contributed by atoms with Crippen LogP contribution in [0.5, 0.6) is 0 Å². The Labute approximate surface area is 288 Å². The molecular formula is C45H29N5. The fourth-order valence-corrected chi connectivity index (χ4v) is 7.29. The molecule has 0 aliphatic rings. The van der Waals surface area contributed by atoms with Gasteiger partial charge in [0.1, 0.15) is 0 Å². The van der Waals surface area contributed by atoms with Crippen LogP contribution in [0.4, 0.5) is 0 Å². The second-order valence-electron chi connectivity index (χ2n) is 12.5. The quantitative estimate of drug-likeness (QED) is 0.188. The smallest absolute Gasteiger partial charge is 0.240 e. The van der Waals surface area contributed by atoms with Crippen molar-refractivity contribution in [1.82, 2.24) is 24.1 Å². The Balaban J connectivity index is 1.27. The highest BCUT2D eigenvalue weighted by atomic mass is 15.3. The minimum Gasteiger partial charge on any atom is -0.278 e. The molecule has 0 aliphatic heterocycles. The Morgan fingerprint density at radius 2 is 0.700 bits per heavy atom. The summed E-state index contributed by atoms with van der Waals surface area (Å²) in [4.78, 5) is 15.8. The summed E-state index contributed by atoms with van der Waals surface area (Å²) in [5, 5.41) is 4.60. The Kier molecular flexibility index (Phi) is 6.42. The topological polar surface area (TPSA) is 48.5 Å². The van der Waals surface area contributed by atoms with E-state index in [2.05, 4.69) is 179 Å². The second kappa shape index (κ2) is 11.4. The molecule has 0 saturated carbocycles. The van der Waals surface area contributed by atoms with Gasteiger partial charge in [0.15, 0.2) is 5.82 Å². The van der Waals surface area contributed by atoms with E-state index in [1.54, 1.807) is 0 Å². The SMILES string of the molecule is c1ccc(-c2cccc(-c3nc(-n4c5ccccc5c5ccccc54)nc(-n4c5ccccc5c5cc(-c6ccccc6)ccc54)n3)c2)cc1. The lowest BCUT2D eigenvalue weighted by Gasteiger charge is -2.13. The van der Waals surface area contributed by atoms with Gasteiger partial charge in [0.05, 0.1) is 22.1 Å². The molecule has 50 heavy (non-hydrogen) atoms. The molecule has 0 spiro atoms. The van der Waals surface area contributed by atoms with Crippen molar-refractivity contribution in [3.63, 3.8) is 0 Å². The third-order valence-electron chi connectivity index (χ3n) is 9.60. The van der Waals surface area contributed by atoms with Gasteiger partial charge in [0.2, 0.25) is 11.9 Å². The highest BCUT2D eigenvalue weighted by Gasteiger charge is 2.21. The number of nitrogens with zero attached hydrogens (tertiary/aromatic N) is 5. The monoisotopic (exact) mass is 639 g/mol. The van der Waals surface area contributed by atoms with Gasteiger partial charge in [-0.25, -0.2) is 0 Å². The van der Waals surface area contributed by atoms with E-state index >= 15 is 0 Å². The van der Waals surface area contributed by atoms with Crippen molar-refractivity contribution >= 4 is 43.6 Å². The number of para-hydroxylation sites is 3. The zero-order valence-corrected chi connectivity index (χ0v) is 27.0. The average molecular weight is 640 g/mol. The van der Waals surface area contributed by atoms with Gasteiger partial charge < -0.3 is 0 Å². The van der Waals surface area contributed by atoms with E-state index in [0.717, 1.165) is 60.3 Å². The predicted molar refractivity (Wildman–Crippen MR) is 205 cm³/mol. The minimum atomic E-state index is 0.565. The molecule has 0 saturated heterocycles. The number of benzene rings is 7. The maximum Gasteiger partial charge on any atom is 0.240 e. The first kappa shape index (κ1) is 28.2. The maximum atomic E-state index is 5.31. The molecule has 0 atom stereocenters. The molecule has 10 aromatic rings. The molecule has 234 valence electrons. The summed E-state index contributed by atoms with van der Waals surface area (Å²) in [6.45, 7) is 0. The first-order chi connectivity index (χ1) is 24.8. The van der Waals surface area contributed by atoms with E-state index in [1.807, 2.05) is 6.07 Å². The van der Waals surface area contributed by atoms with E-state index in [-0.39, 0.29) is 0 Å². The van der Waals surface area contributed by atoms with E-state index in [4.69, 9.17) is 15.0 Å². The fraction of sp³-hybridized carbons (Fsp3) is 0. The number of hydrogen-bond acceptors (Lipinski definition) is 3.